The van der Waals surface area contributed by atoms with Crippen molar-refractivity contribution < 1.29 is 5.11 Å². The fourth-order valence-electron chi connectivity index (χ4n) is 1.22. The molecule has 1 N–H and O–H groups in total. The van der Waals surface area contributed by atoms with Gasteiger partial charge in [0.15, 0.2) is 0 Å². The van der Waals surface area contributed by atoms with Crippen molar-refractivity contribution in [3.63, 3.8) is 0 Å². The molecular formula is C7H12N2O. The molecule has 0 atom stereocenters. The molecule has 0 bridgehead atoms. The molecule has 1 heterocycles. The number of aliphatic hydroxyl groups is 1. The smallest absolute Gasteiger partial charge is 0.0898 e. The third-order valence-corrected chi connectivity index (χ3v) is 1.99. The number of hydrogen-bond donors (Lipinski definition) is 1. The van der Waals surface area contributed by atoms with E-state index in [1.165, 1.54) is 0 Å². The second-order valence-electron chi connectivity index (χ2n) is 2.88. The van der Waals surface area contributed by atoms with Crippen LogP contribution in [0.15, 0.2) is 0 Å². The van der Waals surface area contributed by atoms with E-state index in [1.54, 1.807) is 0 Å². The zero-order valence-electron chi connectivity index (χ0n) is 6.17. The quantitative estimate of drug-likeness (QED) is 0.548. The molecule has 3 heteroatoms. The van der Waals surface area contributed by atoms with E-state index in [1.807, 2.05) is 17.9 Å². The van der Waals surface area contributed by atoms with Crippen LogP contribution >= 0.6 is 0 Å². The number of nitrogens with zero attached hydrogens (tertiary/aromatic N) is 2. The van der Waals surface area contributed by atoms with Crippen LogP contribution in [0.5, 0.6) is 0 Å². The molecule has 0 aliphatic carbocycles. The van der Waals surface area contributed by atoms with Gasteiger partial charge in [0.1, 0.15) is 0 Å². The minimum absolute atomic E-state index is 0.447. The van der Waals surface area contributed by atoms with Gasteiger partial charge >= 0.3 is 0 Å². The van der Waals surface area contributed by atoms with E-state index in [9.17, 15) is 5.11 Å². The van der Waals surface area contributed by atoms with Gasteiger partial charge in [-0.15, -0.1) is 0 Å². The summed E-state index contributed by atoms with van der Waals surface area (Å²) in [6.07, 6.45) is 0.787. The van der Waals surface area contributed by atoms with Gasteiger partial charge in [0.05, 0.1) is 18.2 Å². The Labute approximate surface area is 60.9 Å². The predicted octanol–water partition coefficient (Wildman–Crippen LogP) is -0.0333. The van der Waals surface area contributed by atoms with Crippen molar-refractivity contribution in [3.8, 4) is 6.07 Å². The molecule has 3 nitrogen and oxygen atoms in total. The van der Waals surface area contributed by atoms with Crippen molar-refractivity contribution in [2.24, 2.45) is 0 Å². The molecule has 0 aromatic carbocycles. The topological polar surface area (TPSA) is 47.3 Å². The maximum Gasteiger partial charge on any atom is 0.0898 e. The summed E-state index contributed by atoms with van der Waals surface area (Å²) in [5, 5.41) is 17.7. The molecule has 0 radical (unpaired) electrons. The Hall–Kier alpha value is -0.590. The zero-order chi connectivity index (χ0) is 7.61. The maximum atomic E-state index is 9.46. The number of hydrogen-bond acceptors (Lipinski definition) is 3. The summed E-state index contributed by atoms with van der Waals surface area (Å²) in [5.74, 6) is 0. The summed E-state index contributed by atoms with van der Waals surface area (Å²) in [4.78, 5) is 1.93. The van der Waals surface area contributed by atoms with Crippen molar-refractivity contribution >= 4 is 0 Å². The first kappa shape index (κ1) is 7.52. The average Bonchev–Trinajstić information content (AvgIpc) is 1.85. The van der Waals surface area contributed by atoms with Gasteiger partial charge in [-0.05, 0) is 6.42 Å². The highest BCUT2D eigenvalue weighted by molar-refractivity contribution is 4.97. The van der Waals surface area contributed by atoms with Crippen molar-refractivity contribution in [1.82, 2.24) is 4.90 Å². The summed E-state index contributed by atoms with van der Waals surface area (Å²) in [6, 6.07) is 2.05. The molecule has 1 aliphatic rings. The fraction of sp³-hybridized carbons (Fsp3) is 0.857. The molecule has 56 valence electrons. The van der Waals surface area contributed by atoms with Crippen LogP contribution in [-0.4, -0.2) is 35.2 Å². The van der Waals surface area contributed by atoms with Gasteiger partial charge in [0, 0.05) is 13.1 Å². The van der Waals surface area contributed by atoms with E-state index in [-0.39, 0.29) is 0 Å². The van der Waals surface area contributed by atoms with Crippen molar-refractivity contribution in [3.05, 3.63) is 0 Å². The van der Waals surface area contributed by atoms with Crippen molar-refractivity contribution in [1.29, 1.82) is 5.26 Å². The highest BCUT2D eigenvalue weighted by Gasteiger charge is 2.38. The molecule has 0 aromatic rings. The summed E-state index contributed by atoms with van der Waals surface area (Å²) in [6.45, 7) is 3.74. The molecule has 1 fully saturated rings. The first-order chi connectivity index (χ1) is 4.70. The maximum absolute atomic E-state index is 9.46. The van der Waals surface area contributed by atoms with Crippen LogP contribution in [-0.2, 0) is 0 Å². The number of rotatable bonds is 2. The van der Waals surface area contributed by atoms with Crippen LogP contribution in [0.1, 0.15) is 13.3 Å². The lowest BCUT2D eigenvalue weighted by Gasteiger charge is -2.44. The molecule has 0 saturated carbocycles. The zero-order valence-corrected chi connectivity index (χ0v) is 6.17. The van der Waals surface area contributed by atoms with E-state index in [0.29, 0.717) is 19.6 Å². The van der Waals surface area contributed by atoms with E-state index < -0.39 is 5.60 Å². The molecule has 0 amide bonds. The van der Waals surface area contributed by atoms with Crippen LogP contribution in [0.2, 0.25) is 0 Å². The number of likely N-dealkylation sites (tertiary alicyclic amines) is 1. The minimum Gasteiger partial charge on any atom is -0.387 e. The third-order valence-electron chi connectivity index (χ3n) is 1.99. The van der Waals surface area contributed by atoms with Crippen LogP contribution in [0.4, 0.5) is 0 Å². The van der Waals surface area contributed by atoms with Gasteiger partial charge in [-0.25, -0.2) is 0 Å². The monoisotopic (exact) mass is 140 g/mol. The van der Waals surface area contributed by atoms with Crippen molar-refractivity contribution in [2.75, 3.05) is 19.6 Å². The molecule has 10 heavy (non-hydrogen) atoms. The highest BCUT2D eigenvalue weighted by atomic mass is 16.3. The number of nitriles is 1. The molecule has 0 unspecified atom stereocenters. The van der Waals surface area contributed by atoms with E-state index in [4.69, 9.17) is 5.26 Å². The SMILES string of the molecule is CCC1(O)CN(CC#N)C1. The first-order valence-corrected chi connectivity index (χ1v) is 3.52. The average molecular weight is 140 g/mol. The molecule has 1 rings (SSSR count). The Morgan fingerprint density at radius 2 is 2.30 bits per heavy atom. The Balaban J connectivity index is 2.24. The molecular weight excluding hydrogens is 128 g/mol. The van der Waals surface area contributed by atoms with Gasteiger partial charge in [-0.2, -0.15) is 5.26 Å². The Morgan fingerprint density at radius 1 is 1.70 bits per heavy atom. The predicted molar refractivity (Wildman–Crippen MR) is 37.3 cm³/mol. The van der Waals surface area contributed by atoms with Crippen molar-refractivity contribution in [2.45, 2.75) is 18.9 Å². The van der Waals surface area contributed by atoms with Crippen LogP contribution in [0, 0.1) is 11.3 Å². The Morgan fingerprint density at radius 3 is 2.70 bits per heavy atom. The summed E-state index contributed by atoms with van der Waals surface area (Å²) in [7, 11) is 0. The molecule has 0 aromatic heterocycles. The summed E-state index contributed by atoms with van der Waals surface area (Å²) < 4.78 is 0. The second-order valence-corrected chi connectivity index (χ2v) is 2.88. The van der Waals surface area contributed by atoms with Gasteiger partial charge in [0.2, 0.25) is 0 Å². The van der Waals surface area contributed by atoms with Gasteiger partial charge < -0.3 is 5.11 Å². The fourth-order valence-corrected chi connectivity index (χ4v) is 1.22. The Kier molecular flexibility index (Phi) is 1.93. The molecule has 0 spiro atoms. The lowest BCUT2D eigenvalue weighted by atomic mass is 9.92. The largest absolute Gasteiger partial charge is 0.387 e. The molecule has 1 saturated heterocycles. The minimum atomic E-state index is -0.489. The van der Waals surface area contributed by atoms with Gasteiger partial charge in [-0.1, -0.05) is 6.92 Å². The van der Waals surface area contributed by atoms with E-state index >= 15 is 0 Å². The van der Waals surface area contributed by atoms with E-state index in [2.05, 4.69) is 0 Å². The lowest BCUT2D eigenvalue weighted by molar-refractivity contribution is -0.0936. The Bertz CT molecular complexity index is 155. The van der Waals surface area contributed by atoms with Gasteiger partial charge in [-0.3, -0.25) is 4.90 Å². The van der Waals surface area contributed by atoms with E-state index in [0.717, 1.165) is 6.42 Å². The summed E-state index contributed by atoms with van der Waals surface area (Å²) >= 11 is 0. The van der Waals surface area contributed by atoms with Crippen LogP contribution < -0.4 is 0 Å². The second kappa shape index (κ2) is 2.57. The third kappa shape index (κ3) is 1.28. The normalized spacial score (nSPS) is 23.3. The van der Waals surface area contributed by atoms with Crippen LogP contribution in [0.3, 0.4) is 0 Å². The molecule has 1 aliphatic heterocycles. The standard InChI is InChI=1S/C7H12N2O/c1-2-7(10)5-9(6-7)4-3-8/h10H,2,4-6H2,1H3. The summed E-state index contributed by atoms with van der Waals surface area (Å²) in [5.41, 5.74) is -0.489. The van der Waals surface area contributed by atoms with Crippen LogP contribution in [0.25, 0.3) is 0 Å². The first-order valence-electron chi connectivity index (χ1n) is 3.52. The van der Waals surface area contributed by atoms with Gasteiger partial charge in [0.25, 0.3) is 0 Å². The highest BCUT2D eigenvalue weighted by Crippen LogP contribution is 2.22. The lowest BCUT2D eigenvalue weighted by Crippen LogP contribution is -2.61. The number of β-amino-alcohol motifs (C(OH)–C–C–N with tert-alkyl or cyclic N) is 1.